The van der Waals surface area contributed by atoms with Crippen molar-refractivity contribution in [3.63, 3.8) is 0 Å². The van der Waals surface area contributed by atoms with Crippen LogP contribution in [-0.2, 0) is 20.1 Å². The second kappa shape index (κ2) is 14.0. The molecule has 0 fully saturated rings. The molecule has 229 valence electrons. The van der Waals surface area contributed by atoms with Crippen molar-refractivity contribution >= 4 is 59.9 Å². The number of hydrogen-bond acceptors (Lipinski definition) is 4. The largest absolute Gasteiger partial charge is 0 e. The minimum absolute atomic E-state index is 0. The molecular formula is C39H36GeIrN2OS-2. The molecule has 0 aliphatic rings. The van der Waals surface area contributed by atoms with Crippen LogP contribution in [0.3, 0.4) is 0 Å². The van der Waals surface area contributed by atoms with Crippen LogP contribution in [0, 0.1) is 12.1 Å². The van der Waals surface area contributed by atoms with Crippen molar-refractivity contribution in [3.8, 4) is 28.3 Å². The minimum Gasteiger partial charge on any atom is 0 e. The monoisotopic (exact) mass is 848 g/mol. The van der Waals surface area contributed by atoms with E-state index in [2.05, 4.69) is 81.8 Å². The maximum Gasteiger partial charge on any atom is 0 e. The molecule has 0 bridgehead atoms. The molecule has 45 heavy (non-hydrogen) atoms. The molecule has 7 aromatic rings. The van der Waals surface area contributed by atoms with Crippen LogP contribution in [0.2, 0.25) is 17.3 Å². The molecular weight excluding hydrogens is 809 g/mol. The van der Waals surface area contributed by atoms with Crippen molar-refractivity contribution in [1.82, 2.24) is 9.97 Å². The molecule has 0 aliphatic heterocycles. The van der Waals surface area contributed by atoms with Gasteiger partial charge in [-0.1, -0.05) is 43.0 Å². The third kappa shape index (κ3) is 7.07. The van der Waals surface area contributed by atoms with E-state index in [0.717, 1.165) is 33.8 Å². The summed E-state index contributed by atoms with van der Waals surface area (Å²) in [7, 11) is 1.69. The summed E-state index contributed by atoms with van der Waals surface area (Å²) in [5.41, 5.74) is 4.89. The van der Waals surface area contributed by atoms with Gasteiger partial charge in [0.15, 0.2) is 0 Å². The third-order valence-electron chi connectivity index (χ3n) is 7.83. The summed E-state index contributed by atoms with van der Waals surface area (Å²) in [6.45, 7) is 3.80. The van der Waals surface area contributed by atoms with Gasteiger partial charge in [-0.05, 0) is 56.7 Å². The first kappa shape index (κ1) is 31.6. The zero-order valence-electron chi connectivity index (χ0n) is 27.4. The summed E-state index contributed by atoms with van der Waals surface area (Å²) < 4.78 is 17.6. The van der Waals surface area contributed by atoms with Crippen LogP contribution in [0.5, 0.6) is 5.75 Å². The van der Waals surface area contributed by atoms with Crippen LogP contribution in [0.15, 0.2) is 103 Å². The molecule has 0 aliphatic carbocycles. The van der Waals surface area contributed by atoms with Crippen molar-refractivity contribution in [2.24, 2.45) is 0 Å². The Bertz CT molecular complexity index is 2120. The van der Waals surface area contributed by atoms with E-state index in [4.69, 9.17) is 6.11 Å². The summed E-state index contributed by atoms with van der Waals surface area (Å²) in [5.74, 6) is 7.34. The van der Waals surface area contributed by atoms with Crippen LogP contribution < -0.4 is 9.13 Å². The van der Waals surface area contributed by atoms with E-state index in [1.54, 1.807) is 24.6 Å². The number of thiophene rings is 1. The average Bonchev–Trinajstić information content (AvgIpc) is 3.44. The Morgan fingerprint density at radius 3 is 2.29 bits per heavy atom. The number of rotatable bonds is 5. The minimum atomic E-state index is -1.72. The zero-order valence-corrected chi connectivity index (χ0v) is 31.7. The van der Waals surface area contributed by atoms with E-state index in [1.165, 1.54) is 35.3 Å². The fourth-order valence-electron chi connectivity index (χ4n) is 5.25. The SMILES string of the molecule is [2H]C(C)(C)c1ccnc(-c2[c-]ccc3c2sc2c4ccc(OC)cc4ccc32)c1.[CH3][Ge]([CH3])([CH3])[c]1ccc(-c2[c-]cccc2)nc1.[Ir]. The standard InChI is InChI=1S/C25H20NOS.C14H16GeN.Ir/c1-15(2)16-11-12-26-23(14-16)22-6-4-5-20-21-9-7-17-13-18(27-3)8-10-19(17)24(21)28-25(20)22;1-15(2,3)13-9-10-14(16-11-13)12-7-5-4-6-8-12;/h4-5,7-15H,1-3H3;4-7,9-11H,1-3H3;/q2*-1;/i15D;;. The van der Waals surface area contributed by atoms with Crippen LogP contribution >= 0.6 is 11.3 Å². The third-order valence-corrected chi connectivity index (χ3v) is 13.4. The van der Waals surface area contributed by atoms with Gasteiger partial charge in [0.2, 0.25) is 0 Å². The molecule has 4 aromatic carbocycles. The quantitative estimate of drug-likeness (QED) is 0.128. The number of ether oxygens (including phenoxy) is 1. The fraction of sp³-hybridized carbons (Fsp3) is 0.179. The van der Waals surface area contributed by atoms with Crippen LogP contribution in [-0.4, -0.2) is 30.3 Å². The van der Waals surface area contributed by atoms with Crippen LogP contribution in [0.25, 0.3) is 53.5 Å². The van der Waals surface area contributed by atoms with E-state index in [0.29, 0.717) is 0 Å². The normalized spacial score (nSPS) is 11.9. The molecule has 0 saturated carbocycles. The predicted octanol–water partition coefficient (Wildman–Crippen LogP) is 10.3. The second-order valence-electron chi connectivity index (χ2n) is 12.1. The number of methoxy groups -OCH3 is 1. The van der Waals surface area contributed by atoms with Gasteiger partial charge in [0.05, 0.1) is 7.11 Å². The molecule has 3 nitrogen and oxygen atoms in total. The van der Waals surface area contributed by atoms with Gasteiger partial charge in [-0.15, -0.1) is 23.8 Å². The van der Waals surface area contributed by atoms with Crippen molar-refractivity contribution in [2.75, 3.05) is 7.11 Å². The van der Waals surface area contributed by atoms with Gasteiger partial charge in [0.25, 0.3) is 0 Å². The van der Waals surface area contributed by atoms with E-state index >= 15 is 0 Å². The molecule has 0 spiro atoms. The number of hydrogen-bond donors (Lipinski definition) is 0. The number of pyridine rings is 2. The average molecular weight is 847 g/mol. The predicted molar refractivity (Wildman–Crippen MR) is 191 cm³/mol. The van der Waals surface area contributed by atoms with Crippen molar-refractivity contribution in [1.29, 1.82) is 0 Å². The zero-order chi connectivity index (χ0) is 31.8. The van der Waals surface area contributed by atoms with E-state index in [1.807, 2.05) is 68.6 Å². The van der Waals surface area contributed by atoms with Gasteiger partial charge in [-0.2, -0.15) is 11.3 Å². The Labute approximate surface area is 287 Å². The molecule has 6 heteroatoms. The first-order chi connectivity index (χ1) is 21.5. The summed E-state index contributed by atoms with van der Waals surface area (Å²) in [5, 5.41) is 4.86. The number of benzene rings is 4. The van der Waals surface area contributed by atoms with Crippen molar-refractivity contribution < 1.29 is 26.2 Å². The van der Waals surface area contributed by atoms with Crippen LogP contribution in [0.4, 0.5) is 0 Å². The van der Waals surface area contributed by atoms with E-state index in [9.17, 15) is 0 Å². The smallest absolute Gasteiger partial charge is 0 e. The molecule has 0 N–H and O–H groups in total. The fourth-order valence-corrected chi connectivity index (χ4v) is 8.76. The van der Waals surface area contributed by atoms with Gasteiger partial charge < -0.3 is 9.72 Å². The Kier molecular flexibility index (Phi) is 9.82. The van der Waals surface area contributed by atoms with Gasteiger partial charge >= 0.3 is 99.8 Å². The van der Waals surface area contributed by atoms with Crippen molar-refractivity contribution in [2.45, 2.75) is 37.0 Å². The molecule has 3 aromatic heterocycles. The van der Waals surface area contributed by atoms with Gasteiger partial charge in [-0.3, -0.25) is 0 Å². The number of aromatic nitrogens is 2. The van der Waals surface area contributed by atoms with Gasteiger partial charge in [-0.25, -0.2) is 0 Å². The Morgan fingerprint density at radius 2 is 1.60 bits per heavy atom. The maximum atomic E-state index is 8.36. The first-order valence-electron chi connectivity index (χ1n) is 15.3. The summed E-state index contributed by atoms with van der Waals surface area (Å²) in [6, 6.07) is 37.5. The number of fused-ring (bicyclic) bond motifs is 5. The maximum absolute atomic E-state index is 8.36. The topological polar surface area (TPSA) is 35.0 Å². The van der Waals surface area contributed by atoms with Crippen LogP contribution in [0.1, 0.15) is 26.7 Å². The number of nitrogens with zero attached hydrogens (tertiary/aromatic N) is 2. The van der Waals surface area contributed by atoms with Crippen molar-refractivity contribution in [3.05, 3.63) is 121 Å². The summed E-state index contributed by atoms with van der Waals surface area (Å²) >= 11 is 0.0646. The first-order valence-corrected chi connectivity index (χ1v) is 22.9. The molecule has 3 heterocycles. The molecule has 0 amide bonds. The van der Waals surface area contributed by atoms with Gasteiger partial charge in [0, 0.05) is 32.4 Å². The van der Waals surface area contributed by atoms with Gasteiger partial charge in [0.1, 0.15) is 5.75 Å². The molecule has 0 atom stereocenters. The Balaban J connectivity index is 0.000000209. The Morgan fingerprint density at radius 1 is 0.800 bits per heavy atom. The van der Waals surface area contributed by atoms with E-state index in [-0.39, 0.29) is 20.1 Å². The Hall–Kier alpha value is -3.35. The second-order valence-corrected chi connectivity index (χ2v) is 23.8. The molecule has 0 saturated heterocycles. The molecule has 1 radical (unpaired) electrons. The molecule has 7 rings (SSSR count). The summed E-state index contributed by atoms with van der Waals surface area (Å²) in [6.07, 6.45) is 3.83. The molecule has 0 unspecified atom stereocenters. The van der Waals surface area contributed by atoms with E-state index < -0.39 is 19.2 Å². The summed E-state index contributed by atoms with van der Waals surface area (Å²) in [4.78, 5) is 9.14.